The predicted octanol–water partition coefficient (Wildman–Crippen LogP) is 3.56. The quantitative estimate of drug-likeness (QED) is 0.860. The summed E-state index contributed by atoms with van der Waals surface area (Å²) in [5.74, 6) is -0.0837. The summed E-state index contributed by atoms with van der Waals surface area (Å²) < 4.78 is 0. The zero-order chi connectivity index (χ0) is 16.1. The lowest BCUT2D eigenvalue weighted by Crippen LogP contribution is -2.86. The van der Waals surface area contributed by atoms with Crippen LogP contribution in [-0.4, -0.2) is 12.5 Å². The number of hydrogen-bond donors (Lipinski definition) is 2. The van der Waals surface area contributed by atoms with Gasteiger partial charge in [0.15, 0.2) is 6.54 Å². The van der Waals surface area contributed by atoms with Crippen LogP contribution in [0.2, 0.25) is 10.0 Å². The third-order valence-corrected chi connectivity index (χ3v) is 3.98. The first kappa shape index (κ1) is 16.8. The predicted molar refractivity (Wildman–Crippen MR) is 91.5 cm³/mol. The third kappa shape index (κ3) is 4.73. The highest BCUT2D eigenvalue weighted by Gasteiger charge is 2.13. The van der Waals surface area contributed by atoms with Crippen molar-refractivity contribution in [3.63, 3.8) is 0 Å². The summed E-state index contributed by atoms with van der Waals surface area (Å²) in [6.07, 6.45) is 0. The zero-order valence-corrected chi connectivity index (χ0v) is 14.1. The number of aryl methyl sites for hydroxylation is 1. The summed E-state index contributed by atoms with van der Waals surface area (Å²) in [6, 6.07) is 13.4. The zero-order valence-electron chi connectivity index (χ0n) is 12.6. The average molecular weight is 338 g/mol. The maximum Gasteiger partial charge on any atom is 0.279 e. The highest BCUT2D eigenvalue weighted by Crippen LogP contribution is 2.22. The minimum atomic E-state index is -0.0837. The van der Waals surface area contributed by atoms with Gasteiger partial charge in [0.25, 0.3) is 5.91 Å². The number of nitrogens with two attached hydrogens (primary N) is 1. The van der Waals surface area contributed by atoms with Crippen LogP contribution in [-0.2, 0) is 4.79 Å². The molecule has 0 aliphatic heterocycles. The van der Waals surface area contributed by atoms with Crippen LogP contribution in [0.3, 0.4) is 0 Å². The summed E-state index contributed by atoms with van der Waals surface area (Å²) in [6.45, 7) is 4.31. The molecule has 0 spiro atoms. The van der Waals surface area contributed by atoms with Crippen molar-refractivity contribution < 1.29 is 10.1 Å². The van der Waals surface area contributed by atoms with E-state index in [2.05, 4.69) is 5.32 Å². The molecule has 0 aliphatic carbocycles. The van der Waals surface area contributed by atoms with Gasteiger partial charge >= 0.3 is 0 Å². The van der Waals surface area contributed by atoms with Gasteiger partial charge < -0.3 is 10.6 Å². The molecule has 0 aromatic heterocycles. The second-order valence-electron chi connectivity index (χ2n) is 5.31. The number of halogens is 2. The average Bonchev–Trinajstić information content (AvgIpc) is 2.47. The second kappa shape index (κ2) is 7.63. The molecule has 0 heterocycles. The maximum atomic E-state index is 12.0. The van der Waals surface area contributed by atoms with Gasteiger partial charge in [-0.05, 0) is 43.7 Å². The van der Waals surface area contributed by atoms with Crippen LogP contribution >= 0.6 is 23.2 Å². The van der Waals surface area contributed by atoms with Gasteiger partial charge in [-0.15, -0.1) is 0 Å². The Kier molecular flexibility index (Phi) is 5.83. The van der Waals surface area contributed by atoms with E-state index in [4.69, 9.17) is 23.2 Å². The fraction of sp³-hybridized carbons (Fsp3) is 0.235. The number of amides is 1. The largest absolute Gasteiger partial charge is 0.333 e. The molecule has 0 saturated heterocycles. The molecule has 2 aromatic carbocycles. The molecule has 1 amide bonds. The molecule has 0 unspecified atom stereocenters. The lowest BCUT2D eigenvalue weighted by Gasteiger charge is -2.12. The highest BCUT2D eigenvalue weighted by atomic mass is 35.5. The van der Waals surface area contributed by atoms with Crippen molar-refractivity contribution in [2.24, 2.45) is 0 Å². The Hall–Kier alpha value is -1.55. The monoisotopic (exact) mass is 337 g/mol. The molecule has 116 valence electrons. The van der Waals surface area contributed by atoms with Gasteiger partial charge in [-0.1, -0.05) is 41.4 Å². The molecular formula is C17H19Cl2N2O+. The number of quaternary nitrogens is 1. The SMILES string of the molecule is Cc1ccc(NC(=O)C[NH2+][C@H](C)c2cccc(Cl)c2)c(Cl)c1. The maximum absolute atomic E-state index is 12.0. The van der Waals surface area contributed by atoms with Crippen LogP contribution in [0.5, 0.6) is 0 Å². The van der Waals surface area contributed by atoms with E-state index >= 15 is 0 Å². The highest BCUT2D eigenvalue weighted by molar-refractivity contribution is 6.33. The molecule has 2 rings (SSSR count). The molecule has 0 aliphatic rings. The molecule has 0 fully saturated rings. The van der Waals surface area contributed by atoms with Crippen LogP contribution in [0.15, 0.2) is 42.5 Å². The van der Waals surface area contributed by atoms with Crippen LogP contribution in [0.1, 0.15) is 24.1 Å². The number of rotatable bonds is 5. The summed E-state index contributed by atoms with van der Waals surface area (Å²) >= 11 is 12.1. The van der Waals surface area contributed by atoms with E-state index in [0.29, 0.717) is 22.3 Å². The Morgan fingerprint density at radius 1 is 1.23 bits per heavy atom. The van der Waals surface area contributed by atoms with Gasteiger partial charge in [-0.2, -0.15) is 0 Å². The van der Waals surface area contributed by atoms with Crippen LogP contribution in [0.25, 0.3) is 0 Å². The molecule has 5 heteroatoms. The van der Waals surface area contributed by atoms with Crippen molar-refractivity contribution in [3.05, 3.63) is 63.6 Å². The van der Waals surface area contributed by atoms with Crippen LogP contribution < -0.4 is 10.6 Å². The molecule has 2 aromatic rings. The smallest absolute Gasteiger partial charge is 0.279 e. The van der Waals surface area contributed by atoms with E-state index in [9.17, 15) is 4.79 Å². The van der Waals surface area contributed by atoms with Crippen molar-refractivity contribution in [3.8, 4) is 0 Å². The number of carbonyl (C=O) groups is 1. The van der Waals surface area contributed by atoms with E-state index in [1.807, 2.05) is 61.6 Å². The summed E-state index contributed by atoms with van der Waals surface area (Å²) in [4.78, 5) is 12.0. The minimum absolute atomic E-state index is 0.0837. The molecular weight excluding hydrogens is 319 g/mol. The lowest BCUT2D eigenvalue weighted by atomic mass is 10.1. The summed E-state index contributed by atoms with van der Waals surface area (Å²) in [5, 5.41) is 6.04. The molecule has 1 atom stereocenters. The Balaban J connectivity index is 1.90. The molecule has 0 bridgehead atoms. The number of hydrogen-bond acceptors (Lipinski definition) is 1. The van der Waals surface area contributed by atoms with Crippen LogP contribution in [0.4, 0.5) is 5.69 Å². The number of nitrogens with one attached hydrogen (secondary N) is 1. The van der Waals surface area contributed by atoms with Gasteiger partial charge in [0.05, 0.1) is 10.7 Å². The Morgan fingerprint density at radius 2 is 2.00 bits per heavy atom. The van der Waals surface area contributed by atoms with Crippen molar-refractivity contribution in [1.29, 1.82) is 0 Å². The van der Waals surface area contributed by atoms with Gasteiger partial charge in [-0.3, -0.25) is 4.79 Å². The first-order chi connectivity index (χ1) is 10.5. The minimum Gasteiger partial charge on any atom is -0.333 e. The molecule has 3 nitrogen and oxygen atoms in total. The number of anilines is 1. The Labute approximate surface area is 140 Å². The van der Waals surface area contributed by atoms with Crippen LogP contribution in [0, 0.1) is 6.92 Å². The first-order valence-corrected chi connectivity index (χ1v) is 7.86. The van der Waals surface area contributed by atoms with Gasteiger partial charge in [0.2, 0.25) is 0 Å². The van der Waals surface area contributed by atoms with E-state index in [1.54, 1.807) is 0 Å². The summed E-state index contributed by atoms with van der Waals surface area (Å²) in [7, 11) is 0. The molecule has 22 heavy (non-hydrogen) atoms. The van der Waals surface area contributed by atoms with Gasteiger partial charge in [0.1, 0.15) is 6.04 Å². The molecule has 0 saturated carbocycles. The first-order valence-electron chi connectivity index (χ1n) is 7.10. The Bertz CT molecular complexity index is 673. The van der Waals surface area contributed by atoms with Crippen molar-refractivity contribution in [2.75, 3.05) is 11.9 Å². The third-order valence-electron chi connectivity index (χ3n) is 3.43. The normalized spacial score (nSPS) is 12.0. The Morgan fingerprint density at radius 3 is 2.68 bits per heavy atom. The second-order valence-corrected chi connectivity index (χ2v) is 6.16. The number of benzene rings is 2. The molecule has 0 radical (unpaired) electrons. The molecule has 3 N–H and O–H groups in total. The van der Waals surface area contributed by atoms with Crippen molar-refractivity contribution in [1.82, 2.24) is 0 Å². The fourth-order valence-electron chi connectivity index (χ4n) is 2.13. The van der Waals surface area contributed by atoms with Gasteiger partial charge in [0, 0.05) is 10.6 Å². The standard InChI is InChI=1S/C17H18Cl2N2O/c1-11-6-7-16(15(19)8-11)21-17(22)10-20-12(2)13-4-3-5-14(18)9-13/h3-9,12,20H,10H2,1-2H3,(H,21,22)/p+1/t12-/m1/s1. The fourth-order valence-corrected chi connectivity index (χ4v) is 2.61. The van der Waals surface area contributed by atoms with E-state index in [0.717, 1.165) is 11.1 Å². The van der Waals surface area contributed by atoms with Gasteiger partial charge in [-0.25, -0.2) is 0 Å². The van der Waals surface area contributed by atoms with E-state index < -0.39 is 0 Å². The topological polar surface area (TPSA) is 45.7 Å². The van der Waals surface area contributed by atoms with E-state index in [1.165, 1.54) is 0 Å². The number of carbonyl (C=O) groups excluding carboxylic acids is 1. The van der Waals surface area contributed by atoms with Crippen molar-refractivity contribution in [2.45, 2.75) is 19.9 Å². The summed E-state index contributed by atoms with van der Waals surface area (Å²) in [5.41, 5.74) is 2.79. The van der Waals surface area contributed by atoms with E-state index in [-0.39, 0.29) is 11.9 Å². The van der Waals surface area contributed by atoms with Crippen molar-refractivity contribution >= 4 is 34.8 Å². The lowest BCUT2D eigenvalue weighted by molar-refractivity contribution is -0.682.